The van der Waals surface area contributed by atoms with E-state index in [0.717, 1.165) is 65.6 Å². The molecule has 1 amide bonds. The number of amides is 1. The highest BCUT2D eigenvalue weighted by Gasteiger charge is 2.64. The molecule has 3 aromatic rings. The van der Waals surface area contributed by atoms with Crippen LogP contribution in [0.15, 0.2) is 63.0 Å². The zero-order chi connectivity index (χ0) is 41.7. The third kappa shape index (κ3) is 7.20. The lowest BCUT2D eigenvalue weighted by atomic mass is 9.61. The molecule has 0 bridgehead atoms. The first kappa shape index (κ1) is 41.9. The molecule has 1 saturated carbocycles. The third-order valence-electron chi connectivity index (χ3n) is 14.1. The first-order valence-electron chi connectivity index (χ1n) is 20.9. The summed E-state index contributed by atoms with van der Waals surface area (Å²) < 4.78 is 20.1. The monoisotopic (exact) mass is 844 g/mol. The van der Waals surface area contributed by atoms with E-state index < -0.39 is 34.1 Å². The maximum atomic E-state index is 14.2. The average Bonchev–Trinajstić information content (AvgIpc) is 3.85. The summed E-state index contributed by atoms with van der Waals surface area (Å²) in [5.74, 6) is 1.48. The molecule has 5 N–H and O–H groups in total. The average molecular weight is 845 g/mol. The van der Waals surface area contributed by atoms with Crippen LogP contribution in [0, 0.1) is 11.8 Å². The second-order valence-corrected chi connectivity index (χ2v) is 19.8. The number of aromatic nitrogens is 1. The summed E-state index contributed by atoms with van der Waals surface area (Å²) in [6, 6.07) is 7.70. The highest BCUT2D eigenvalue weighted by atomic mass is 33.1. The summed E-state index contributed by atoms with van der Waals surface area (Å²) in [7, 11) is 5.47. The van der Waals surface area contributed by atoms with Gasteiger partial charge in [0.05, 0.1) is 12.3 Å². The number of allylic oxidation sites excluding steroid dienone is 1. The standard InChI is InChI=1S/C45H56N4O8S2/c1-5-26(2)41(53)57-43(3)12-8-27-24-58-59-25-35-31(20-47-4)22-49(35)39(52)16-30-21-48-38(46)17-33(30)40(27)45(43)19-29-14-28-15-34(42(54)55-36(28)18-37(29)56-45)44(10-6-7-11-44)32(23-51)9-13-50/h5,8,14-15,17-18,21,31-32,35,40,47,50-51H,6-7,9-13,16,19-20,22-25H2,1-4H3,(H2,46,48). The minimum atomic E-state index is -1.21. The summed E-state index contributed by atoms with van der Waals surface area (Å²) in [5, 5.41) is 24.4. The number of ether oxygens (including phenoxy) is 2. The van der Waals surface area contributed by atoms with Crippen molar-refractivity contribution >= 4 is 50.3 Å². The van der Waals surface area contributed by atoms with Gasteiger partial charge >= 0.3 is 11.6 Å². The lowest BCUT2D eigenvalue weighted by molar-refractivity contribution is -0.183. The predicted molar refractivity (Wildman–Crippen MR) is 232 cm³/mol. The molecule has 2 aliphatic carbocycles. The summed E-state index contributed by atoms with van der Waals surface area (Å²) in [6.07, 6.45) is 10.1. The van der Waals surface area contributed by atoms with Gasteiger partial charge in [-0.25, -0.2) is 14.6 Å². The number of pyridine rings is 1. The zero-order valence-corrected chi connectivity index (χ0v) is 36.0. The summed E-state index contributed by atoms with van der Waals surface area (Å²) in [5.41, 5.74) is 7.91. The van der Waals surface area contributed by atoms with Crippen LogP contribution in [0.4, 0.5) is 5.82 Å². The Morgan fingerprint density at radius 2 is 1.97 bits per heavy atom. The maximum absolute atomic E-state index is 14.2. The van der Waals surface area contributed by atoms with Gasteiger partial charge in [-0.05, 0) is 87.9 Å². The number of hydrogen-bond acceptors (Lipinski definition) is 13. The molecule has 8 rings (SSSR count). The number of nitrogens with two attached hydrogens (primary N) is 1. The van der Waals surface area contributed by atoms with Crippen molar-refractivity contribution in [3.63, 3.8) is 0 Å². The number of carbonyl (C=O) groups is 2. The van der Waals surface area contributed by atoms with E-state index in [4.69, 9.17) is 19.6 Å². The number of benzene rings is 1. The Hall–Kier alpha value is -3.82. The van der Waals surface area contributed by atoms with Crippen LogP contribution in [-0.2, 0) is 32.6 Å². The fraction of sp³-hybridized carbons (Fsp3) is 0.556. The molecule has 1 spiro atoms. The summed E-state index contributed by atoms with van der Waals surface area (Å²) in [4.78, 5) is 48.4. The van der Waals surface area contributed by atoms with Gasteiger partial charge in [0.1, 0.15) is 17.2 Å². The Bertz CT molecular complexity index is 2250. The molecule has 12 nitrogen and oxygen atoms in total. The minimum Gasteiger partial charge on any atom is -0.481 e. The second-order valence-electron chi connectivity index (χ2n) is 17.3. The van der Waals surface area contributed by atoms with Gasteiger partial charge in [-0.2, -0.15) is 0 Å². The van der Waals surface area contributed by atoms with Crippen LogP contribution in [0.2, 0.25) is 0 Å². The Balaban J connectivity index is 1.27. The quantitative estimate of drug-likeness (QED) is 0.0688. The van der Waals surface area contributed by atoms with Crippen molar-refractivity contribution in [3.8, 4) is 5.75 Å². The van der Waals surface area contributed by atoms with Crippen molar-refractivity contribution in [3.05, 3.63) is 86.4 Å². The number of aliphatic hydroxyl groups is 2. The van der Waals surface area contributed by atoms with Gasteiger partial charge in [0, 0.05) is 96.8 Å². The van der Waals surface area contributed by atoms with Gasteiger partial charge < -0.3 is 40.1 Å². The number of nitrogens with one attached hydrogen (secondary N) is 1. The predicted octanol–water partition coefficient (Wildman–Crippen LogP) is 5.61. The lowest BCUT2D eigenvalue weighted by Gasteiger charge is -2.52. The highest BCUT2D eigenvalue weighted by Crippen LogP contribution is 2.59. The number of carbonyl (C=O) groups excluding carboxylic acids is 2. The molecule has 2 fully saturated rings. The van der Waals surface area contributed by atoms with Gasteiger partial charge in [0.25, 0.3) is 0 Å². The first-order chi connectivity index (χ1) is 28.4. The third-order valence-corrected chi connectivity index (χ3v) is 16.5. The molecule has 59 heavy (non-hydrogen) atoms. The molecule has 1 saturated heterocycles. The van der Waals surface area contributed by atoms with E-state index in [1.54, 1.807) is 53.8 Å². The van der Waals surface area contributed by atoms with Crippen molar-refractivity contribution in [2.75, 3.05) is 50.6 Å². The molecular formula is C45H56N4O8S2. The Kier molecular flexibility index (Phi) is 11.8. The zero-order valence-electron chi connectivity index (χ0n) is 34.4. The van der Waals surface area contributed by atoms with Gasteiger partial charge in [0.15, 0.2) is 11.2 Å². The number of rotatable bonds is 9. The topological polar surface area (TPSA) is 177 Å². The van der Waals surface area contributed by atoms with E-state index in [0.29, 0.717) is 65.8 Å². The maximum Gasteiger partial charge on any atom is 0.340 e. The molecular weight excluding hydrogens is 789 g/mol. The van der Waals surface area contributed by atoms with Crippen molar-refractivity contribution in [1.29, 1.82) is 0 Å². The molecule has 5 heterocycles. The van der Waals surface area contributed by atoms with Crippen LogP contribution in [0.25, 0.3) is 11.0 Å². The summed E-state index contributed by atoms with van der Waals surface area (Å²) in [6.45, 7) is 6.79. The Labute approximate surface area is 353 Å². The molecule has 6 unspecified atom stereocenters. The smallest absolute Gasteiger partial charge is 0.340 e. The van der Waals surface area contributed by atoms with Gasteiger partial charge in [-0.1, -0.05) is 52.2 Å². The van der Waals surface area contributed by atoms with Crippen LogP contribution < -0.4 is 21.4 Å². The molecule has 316 valence electrons. The molecule has 14 heteroatoms. The number of aliphatic hydroxyl groups excluding tert-OH is 2. The minimum absolute atomic E-state index is 0.0322. The van der Waals surface area contributed by atoms with Crippen LogP contribution in [-0.4, -0.2) is 94.1 Å². The second kappa shape index (κ2) is 16.6. The van der Waals surface area contributed by atoms with Crippen molar-refractivity contribution < 1.29 is 33.7 Å². The van der Waals surface area contributed by atoms with Crippen LogP contribution in [0.3, 0.4) is 0 Å². The van der Waals surface area contributed by atoms with E-state index in [1.165, 1.54) is 0 Å². The Morgan fingerprint density at radius 3 is 2.69 bits per heavy atom. The number of hydrogen-bond donors (Lipinski definition) is 4. The van der Waals surface area contributed by atoms with Crippen LogP contribution in [0.1, 0.15) is 87.5 Å². The van der Waals surface area contributed by atoms with Crippen molar-refractivity contribution in [2.24, 2.45) is 11.8 Å². The van der Waals surface area contributed by atoms with Gasteiger partial charge in [-0.15, -0.1) is 0 Å². The molecule has 1 aromatic carbocycles. The van der Waals surface area contributed by atoms with E-state index >= 15 is 0 Å². The van der Waals surface area contributed by atoms with E-state index in [9.17, 15) is 24.6 Å². The van der Waals surface area contributed by atoms with E-state index in [2.05, 4.69) is 16.4 Å². The fourth-order valence-electron chi connectivity index (χ4n) is 10.7. The van der Waals surface area contributed by atoms with Crippen molar-refractivity contribution in [2.45, 2.75) is 101 Å². The largest absolute Gasteiger partial charge is 0.481 e. The molecule has 6 atom stereocenters. The van der Waals surface area contributed by atoms with E-state index in [-0.39, 0.29) is 37.5 Å². The number of esters is 1. The molecule has 3 aliphatic heterocycles. The number of nitrogens with zero attached hydrogens (tertiary/aromatic N) is 2. The highest BCUT2D eigenvalue weighted by molar-refractivity contribution is 8.76. The molecule has 5 aliphatic rings. The number of nitrogen functional groups attached to an aromatic ring is 1. The van der Waals surface area contributed by atoms with Gasteiger partial charge in [-0.3, -0.25) is 4.79 Å². The van der Waals surface area contributed by atoms with Gasteiger partial charge in [0.2, 0.25) is 5.91 Å². The molecule has 0 radical (unpaired) electrons. The number of anilines is 1. The SMILES string of the molecule is CC=C(C)C(=O)OC1(C)CC=C2CSSCC3C(CNC)CN3C(=O)Cc3cnc(N)cc3C2C12Cc1cc3cc(C4(C(CO)CCO)CCCC4)c(=O)oc3cc1O2. The lowest BCUT2D eigenvalue weighted by Crippen LogP contribution is -2.64. The first-order valence-corrected chi connectivity index (χ1v) is 23.4. The fourth-order valence-corrected chi connectivity index (χ4v) is 13.3. The van der Waals surface area contributed by atoms with Crippen LogP contribution >= 0.6 is 21.6 Å². The van der Waals surface area contributed by atoms with Crippen molar-refractivity contribution in [1.82, 2.24) is 15.2 Å². The van der Waals surface area contributed by atoms with E-state index in [1.807, 2.05) is 37.1 Å². The summed E-state index contributed by atoms with van der Waals surface area (Å²) >= 11 is 0. The Morgan fingerprint density at radius 1 is 1.17 bits per heavy atom. The van der Waals surface area contributed by atoms with Crippen LogP contribution in [0.5, 0.6) is 5.75 Å². The molecule has 2 aromatic heterocycles. The normalized spacial score (nSPS) is 28.3. The number of fused-ring (bicyclic) bond motifs is 7.